The summed E-state index contributed by atoms with van der Waals surface area (Å²) < 4.78 is 11.0. The second-order valence-corrected chi connectivity index (χ2v) is 4.71. The molecule has 0 saturated heterocycles. The Morgan fingerprint density at radius 1 is 1.28 bits per heavy atom. The van der Waals surface area contributed by atoms with Crippen molar-refractivity contribution < 1.29 is 14.6 Å². The quantitative estimate of drug-likeness (QED) is 0.710. The molecule has 5 nitrogen and oxygen atoms in total. The smallest absolute Gasteiger partial charge is 0.163 e. The van der Waals surface area contributed by atoms with E-state index in [4.69, 9.17) is 15.2 Å². The topological polar surface area (TPSA) is 76.7 Å². The van der Waals surface area contributed by atoms with Crippen molar-refractivity contribution in [2.45, 2.75) is 32.4 Å². The molecule has 0 radical (unpaired) electrons. The van der Waals surface area contributed by atoms with E-state index in [0.29, 0.717) is 36.8 Å². The number of hydrogen-bond acceptors (Lipinski definition) is 5. The highest BCUT2D eigenvalue weighted by molar-refractivity contribution is 5.72. The van der Waals surface area contributed by atoms with E-state index >= 15 is 0 Å². The number of benzene rings is 1. The lowest BCUT2D eigenvalue weighted by atomic mass is 10.1. The molecule has 0 bridgehead atoms. The second kappa shape index (κ2) is 5.35. The number of nitrogens with one attached hydrogen (secondary N) is 1. The molecule has 0 spiro atoms. The van der Waals surface area contributed by atoms with Crippen LogP contribution in [0.2, 0.25) is 0 Å². The van der Waals surface area contributed by atoms with Crippen molar-refractivity contribution in [1.82, 2.24) is 0 Å². The minimum absolute atomic E-state index is 0.134. The van der Waals surface area contributed by atoms with Gasteiger partial charge in [0.1, 0.15) is 13.2 Å². The fourth-order valence-electron chi connectivity index (χ4n) is 2.07. The van der Waals surface area contributed by atoms with Crippen LogP contribution in [0, 0.1) is 0 Å². The van der Waals surface area contributed by atoms with Crippen LogP contribution in [0.15, 0.2) is 12.1 Å². The minimum Gasteiger partial charge on any atom is -0.486 e. The summed E-state index contributed by atoms with van der Waals surface area (Å²) >= 11 is 0. The molecular formula is C13H20N2O3. The Labute approximate surface area is 107 Å². The van der Waals surface area contributed by atoms with Crippen molar-refractivity contribution in [3.63, 3.8) is 0 Å². The van der Waals surface area contributed by atoms with E-state index in [1.807, 2.05) is 13.0 Å². The number of hydrogen-bond donors (Lipinski definition) is 3. The fourth-order valence-corrected chi connectivity index (χ4v) is 2.07. The summed E-state index contributed by atoms with van der Waals surface area (Å²) in [6.45, 7) is 4.88. The molecule has 0 aliphatic carbocycles. The van der Waals surface area contributed by atoms with E-state index in [1.54, 1.807) is 13.0 Å². The third-order valence-corrected chi connectivity index (χ3v) is 2.81. The predicted molar refractivity (Wildman–Crippen MR) is 71.2 cm³/mol. The minimum atomic E-state index is -0.342. The molecule has 0 aromatic heterocycles. The van der Waals surface area contributed by atoms with Gasteiger partial charge in [0, 0.05) is 18.2 Å². The van der Waals surface area contributed by atoms with Crippen molar-refractivity contribution >= 4 is 11.4 Å². The summed E-state index contributed by atoms with van der Waals surface area (Å²) in [5.41, 5.74) is 7.40. The van der Waals surface area contributed by atoms with Crippen molar-refractivity contribution in [3.05, 3.63) is 12.1 Å². The third-order valence-electron chi connectivity index (χ3n) is 2.81. The SMILES string of the molecule is CC(O)CC(C)Nc1cc2c(cc1N)OCCO2. The average molecular weight is 252 g/mol. The molecule has 1 aliphatic heterocycles. The number of fused-ring (bicyclic) bond motifs is 1. The molecule has 0 saturated carbocycles. The molecule has 18 heavy (non-hydrogen) atoms. The molecule has 1 aliphatic rings. The maximum absolute atomic E-state index is 9.35. The zero-order chi connectivity index (χ0) is 13.1. The number of anilines is 2. The monoisotopic (exact) mass is 252 g/mol. The molecule has 2 unspecified atom stereocenters. The lowest BCUT2D eigenvalue weighted by molar-refractivity contribution is 0.171. The summed E-state index contributed by atoms with van der Waals surface area (Å²) in [5.74, 6) is 1.40. The predicted octanol–water partition coefficient (Wildman–Crippen LogP) is 1.61. The van der Waals surface area contributed by atoms with Crippen LogP contribution in [0.4, 0.5) is 11.4 Å². The van der Waals surface area contributed by atoms with Crippen LogP contribution >= 0.6 is 0 Å². The maximum atomic E-state index is 9.35. The first-order valence-electron chi connectivity index (χ1n) is 6.20. The highest BCUT2D eigenvalue weighted by atomic mass is 16.6. The first-order valence-corrected chi connectivity index (χ1v) is 6.20. The van der Waals surface area contributed by atoms with Gasteiger partial charge in [0.2, 0.25) is 0 Å². The van der Waals surface area contributed by atoms with Gasteiger partial charge < -0.3 is 25.6 Å². The Morgan fingerprint density at radius 2 is 1.89 bits per heavy atom. The van der Waals surface area contributed by atoms with Crippen LogP contribution in [-0.2, 0) is 0 Å². The molecule has 1 aromatic rings. The van der Waals surface area contributed by atoms with E-state index in [0.717, 1.165) is 5.69 Å². The first-order chi connectivity index (χ1) is 8.56. The summed E-state index contributed by atoms with van der Waals surface area (Å²) in [4.78, 5) is 0. The number of rotatable bonds is 4. The standard InChI is InChI=1S/C13H20N2O3/c1-8(5-9(2)16)15-11-7-13-12(6-10(11)14)17-3-4-18-13/h6-9,15-16H,3-5,14H2,1-2H3. The molecular weight excluding hydrogens is 232 g/mol. The molecule has 1 aromatic carbocycles. The third kappa shape index (κ3) is 2.98. The Kier molecular flexibility index (Phi) is 3.81. The van der Waals surface area contributed by atoms with Crippen LogP contribution in [-0.4, -0.2) is 30.5 Å². The van der Waals surface area contributed by atoms with Gasteiger partial charge in [-0.15, -0.1) is 0 Å². The number of aliphatic hydroxyl groups excluding tert-OH is 1. The van der Waals surface area contributed by atoms with Gasteiger partial charge in [-0.3, -0.25) is 0 Å². The summed E-state index contributed by atoms with van der Waals surface area (Å²) in [7, 11) is 0. The van der Waals surface area contributed by atoms with Crippen LogP contribution in [0.25, 0.3) is 0 Å². The summed E-state index contributed by atoms with van der Waals surface area (Å²) in [5, 5.41) is 12.6. The zero-order valence-corrected chi connectivity index (χ0v) is 10.8. The highest BCUT2D eigenvalue weighted by Crippen LogP contribution is 2.37. The second-order valence-electron chi connectivity index (χ2n) is 4.71. The van der Waals surface area contributed by atoms with E-state index in [9.17, 15) is 5.11 Å². The van der Waals surface area contributed by atoms with Crippen LogP contribution in [0.3, 0.4) is 0 Å². The molecule has 5 heteroatoms. The van der Waals surface area contributed by atoms with E-state index in [1.165, 1.54) is 0 Å². The van der Waals surface area contributed by atoms with Gasteiger partial charge in [0.05, 0.1) is 17.5 Å². The van der Waals surface area contributed by atoms with Gasteiger partial charge >= 0.3 is 0 Å². The van der Waals surface area contributed by atoms with E-state index in [-0.39, 0.29) is 12.1 Å². The van der Waals surface area contributed by atoms with Gasteiger partial charge in [-0.2, -0.15) is 0 Å². The van der Waals surface area contributed by atoms with Gasteiger partial charge in [0.15, 0.2) is 11.5 Å². The number of nitrogens with two attached hydrogens (primary N) is 1. The number of nitrogen functional groups attached to an aromatic ring is 1. The normalized spacial score (nSPS) is 17.1. The molecule has 2 atom stereocenters. The average Bonchev–Trinajstić information content (AvgIpc) is 2.29. The molecule has 0 amide bonds. The fraction of sp³-hybridized carbons (Fsp3) is 0.538. The van der Waals surface area contributed by atoms with Crippen molar-refractivity contribution in [2.75, 3.05) is 24.3 Å². The van der Waals surface area contributed by atoms with Crippen molar-refractivity contribution in [3.8, 4) is 11.5 Å². The van der Waals surface area contributed by atoms with Gasteiger partial charge in [-0.05, 0) is 20.3 Å². The Balaban J connectivity index is 2.13. The van der Waals surface area contributed by atoms with Crippen LogP contribution in [0.1, 0.15) is 20.3 Å². The lowest BCUT2D eigenvalue weighted by Crippen LogP contribution is -2.22. The first kappa shape index (κ1) is 12.8. The Hall–Kier alpha value is -1.62. The van der Waals surface area contributed by atoms with Gasteiger partial charge in [-0.1, -0.05) is 0 Å². The molecule has 0 fully saturated rings. The Morgan fingerprint density at radius 3 is 2.50 bits per heavy atom. The highest BCUT2D eigenvalue weighted by Gasteiger charge is 2.16. The number of ether oxygens (including phenoxy) is 2. The van der Waals surface area contributed by atoms with E-state index in [2.05, 4.69) is 5.32 Å². The van der Waals surface area contributed by atoms with Crippen molar-refractivity contribution in [2.24, 2.45) is 0 Å². The largest absolute Gasteiger partial charge is 0.486 e. The zero-order valence-electron chi connectivity index (χ0n) is 10.8. The molecule has 4 N–H and O–H groups in total. The molecule has 1 heterocycles. The van der Waals surface area contributed by atoms with Crippen LogP contribution < -0.4 is 20.5 Å². The molecule has 100 valence electrons. The van der Waals surface area contributed by atoms with Gasteiger partial charge in [0.25, 0.3) is 0 Å². The Bertz CT molecular complexity index is 421. The summed E-state index contributed by atoms with van der Waals surface area (Å²) in [6.07, 6.45) is 0.319. The number of aliphatic hydroxyl groups is 1. The summed E-state index contributed by atoms with van der Waals surface area (Å²) in [6, 6.07) is 3.75. The van der Waals surface area contributed by atoms with Crippen LogP contribution in [0.5, 0.6) is 11.5 Å². The maximum Gasteiger partial charge on any atom is 0.163 e. The van der Waals surface area contributed by atoms with Gasteiger partial charge in [-0.25, -0.2) is 0 Å². The van der Waals surface area contributed by atoms with E-state index < -0.39 is 0 Å². The molecule has 2 rings (SSSR count). The lowest BCUT2D eigenvalue weighted by Gasteiger charge is -2.22. The van der Waals surface area contributed by atoms with Crippen molar-refractivity contribution in [1.29, 1.82) is 0 Å².